The number of methoxy groups -OCH3 is 1. The molecule has 0 N–H and O–H groups in total. The van der Waals surface area contributed by atoms with Gasteiger partial charge in [-0.1, -0.05) is 18.2 Å². The second kappa shape index (κ2) is 9.94. The minimum absolute atomic E-state index is 0.0277. The van der Waals surface area contributed by atoms with E-state index in [1.807, 2.05) is 24.3 Å². The van der Waals surface area contributed by atoms with Gasteiger partial charge >= 0.3 is 6.61 Å². The zero-order valence-corrected chi connectivity index (χ0v) is 18.4. The summed E-state index contributed by atoms with van der Waals surface area (Å²) in [6.07, 6.45) is 4.97. The van der Waals surface area contributed by atoms with Crippen LogP contribution in [0, 0.1) is 0 Å². The first-order valence-electron chi connectivity index (χ1n) is 10.7. The van der Waals surface area contributed by atoms with E-state index >= 15 is 0 Å². The van der Waals surface area contributed by atoms with Gasteiger partial charge in [-0.25, -0.2) is 0 Å². The van der Waals surface area contributed by atoms with Gasteiger partial charge in [0.15, 0.2) is 22.8 Å². The van der Waals surface area contributed by atoms with Gasteiger partial charge in [-0.3, -0.25) is 4.79 Å². The number of para-hydroxylation sites is 1. The number of hydrogen-bond donors (Lipinski definition) is 0. The quantitative estimate of drug-likeness (QED) is 0.369. The summed E-state index contributed by atoms with van der Waals surface area (Å²) in [6, 6.07) is 12.3. The van der Waals surface area contributed by atoms with Gasteiger partial charge in [-0.2, -0.15) is 8.78 Å². The number of hydrogen-bond acceptors (Lipinski definition) is 5. The monoisotopic (exact) mass is 457 g/mol. The average molecular weight is 457 g/mol. The molecule has 3 aromatic rings. The number of carbonyl (C=O) groups excluding carboxylic acids is 1. The Morgan fingerprint density at radius 3 is 2.70 bits per heavy atom. The molecule has 1 heterocycles. The number of benzene rings is 2. The molecule has 2 aromatic carbocycles. The second-order valence-electron chi connectivity index (χ2n) is 7.65. The van der Waals surface area contributed by atoms with Crippen LogP contribution < -0.4 is 14.2 Å². The third-order valence-corrected chi connectivity index (χ3v) is 5.28. The Balaban J connectivity index is 1.51. The fourth-order valence-electron chi connectivity index (χ4n) is 3.63. The molecule has 1 aliphatic rings. The van der Waals surface area contributed by atoms with Gasteiger partial charge in [-0.05, 0) is 55.7 Å². The molecule has 1 fully saturated rings. The summed E-state index contributed by atoms with van der Waals surface area (Å²) in [4.78, 5) is 14.7. The number of ether oxygens (including phenoxy) is 3. The first kappa shape index (κ1) is 22.6. The molecule has 1 aromatic heterocycles. The highest BCUT2D eigenvalue weighted by atomic mass is 19.3. The molecule has 6 nitrogen and oxygen atoms in total. The Morgan fingerprint density at radius 1 is 1.18 bits per heavy atom. The Hall–Kier alpha value is -3.55. The summed E-state index contributed by atoms with van der Waals surface area (Å²) in [5.41, 5.74) is 1.39. The van der Waals surface area contributed by atoms with E-state index in [4.69, 9.17) is 13.9 Å². The average Bonchev–Trinajstić information content (AvgIpc) is 3.55. The van der Waals surface area contributed by atoms with Crippen molar-refractivity contribution >= 4 is 23.0 Å². The van der Waals surface area contributed by atoms with Gasteiger partial charge in [0.25, 0.3) is 0 Å². The molecule has 0 bridgehead atoms. The van der Waals surface area contributed by atoms with Crippen LogP contribution in [0.25, 0.3) is 17.0 Å². The SMILES string of the molecule is CCOc1cc(CN(C(=O)/C=C/c2cc3cccc(OC)c3o2)C2CC2)ccc1OC(F)F. The molecule has 8 heteroatoms. The predicted molar refractivity (Wildman–Crippen MR) is 120 cm³/mol. The fraction of sp³-hybridized carbons (Fsp3) is 0.320. The molecule has 174 valence electrons. The Morgan fingerprint density at radius 2 is 2.00 bits per heavy atom. The maximum absolute atomic E-state index is 13.0. The molecule has 0 radical (unpaired) electrons. The largest absolute Gasteiger partial charge is 0.493 e. The summed E-state index contributed by atoms with van der Waals surface area (Å²) in [5.74, 6) is 1.22. The van der Waals surface area contributed by atoms with E-state index in [-0.39, 0.29) is 23.4 Å². The van der Waals surface area contributed by atoms with Gasteiger partial charge in [-0.15, -0.1) is 0 Å². The molecule has 0 saturated heterocycles. The predicted octanol–water partition coefficient (Wildman–Crippen LogP) is 5.65. The highest BCUT2D eigenvalue weighted by Crippen LogP contribution is 2.33. The van der Waals surface area contributed by atoms with Crippen LogP contribution in [-0.2, 0) is 11.3 Å². The van der Waals surface area contributed by atoms with Gasteiger partial charge < -0.3 is 23.5 Å². The molecular formula is C25H25F2NO5. The molecule has 0 unspecified atom stereocenters. The van der Waals surface area contributed by atoms with Crippen molar-refractivity contribution in [2.24, 2.45) is 0 Å². The van der Waals surface area contributed by atoms with E-state index in [2.05, 4.69) is 4.74 Å². The number of furan rings is 1. The Bertz CT molecular complexity index is 1150. The van der Waals surface area contributed by atoms with Crippen molar-refractivity contribution in [1.29, 1.82) is 0 Å². The maximum atomic E-state index is 13.0. The molecule has 1 aliphatic carbocycles. The van der Waals surface area contributed by atoms with Gasteiger partial charge in [0.1, 0.15) is 5.76 Å². The molecule has 1 saturated carbocycles. The molecule has 33 heavy (non-hydrogen) atoms. The van der Waals surface area contributed by atoms with Crippen molar-refractivity contribution in [1.82, 2.24) is 4.90 Å². The normalized spacial score (nSPS) is 13.6. The van der Waals surface area contributed by atoms with Crippen molar-refractivity contribution in [3.63, 3.8) is 0 Å². The number of nitrogens with zero attached hydrogens (tertiary/aromatic N) is 1. The summed E-state index contributed by atoms with van der Waals surface area (Å²) >= 11 is 0. The van der Waals surface area contributed by atoms with Crippen molar-refractivity contribution < 1.29 is 32.2 Å². The second-order valence-corrected chi connectivity index (χ2v) is 7.65. The fourth-order valence-corrected chi connectivity index (χ4v) is 3.63. The number of amides is 1. The number of halogens is 2. The summed E-state index contributed by atoms with van der Waals surface area (Å²) < 4.78 is 46.4. The van der Waals surface area contributed by atoms with Gasteiger partial charge in [0.05, 0.1) is 13.7 Å². The third-order valence-electron chi connectivity index (χ3n) is 5.28. The number of alkyl halides is 2. The van der Waals surface area contributed by atoms with Crippen LogP contribution in [0.3, 0.4) is 0 Å². The molecular weight excluding hydrogens is 432 g/mol. The number of carbonyl (C=O) groups is 1. The third kappa shape index (κ3) is 5.45. The maximum Gasteiger partial charge on any atom is 0.387 e. The topological polar surface area (TPSA) is 61.1 Å². The van der Waals surface area contributed by atoms with Crippen LogP contribution in [-0.4, -0.2) is 37.2 Å². The Labute approximate surface area is 190 Å². The van der Waals surface area contributed by atoms with Crippen LogP contribution in [0.4, 0.5) is 8.78 Å². The summed E-state index contributed by atoms with van der Waals surface area (Å²) in [7, 11) is 1.58. The zero-order valence-electron chi connectivity index (χ0n) is 18.4. The van der Waals surface area contributed by atoms with Crippen LogP contribution in [0.15, 0.2) is 53.0 Å². The van der Waals surface area contributed by atoms with Crippen molar-refractivity contribution in [3.05, 3.63) is 59.9 Å². The first-order chi connectivity index (χ1) is 16.0. The summed E-state index contributed by atoms with van der Waals surface area (Å²) in [6.45, 7) is -0.545. The summed E-state index contributed by atoms with van der Waals surface area (Å²) in [5, 5.41) is 0.884. The number of fused-ring (bicyclic) bond motifs is 1. The standard InChI is InChI=1S/C25H25F2NO5/c1-3-31-22-13-16(7-11-20(22)33-25(26)27)15-28(18-8-9-18)23(29)12-10-19-14-17-5-4-6-21(30-2)24(17)32-19/h4-7,10-14,18,25H,3,8-9,15H2,1-2H3/b12-10+. The lowest BCUT2D eigenvalue weighted by Gasteiger charge is -2.22. The smallest absolute Gasteiger partial charge is 0.387 e. The molecule has 0 spiro atoms. The van der Waals surface area contributed by atoms with Crippen LogP contribution in [0.1, 0.15) is 31.1 Å². The van der Waals surface area contributed by atoms with Gasteiger partial charge in [0, 0.05) is 24.0 Å². The lowest BCUT2D eigenvalue weighted by molar-refractivity contribution is -0.127. The van der Waals surface area contributed by atoms with Crippen LogP contribution in [0.5, 0.6) is 17.2 Å². The molecule has 0 aliphatic heterocycles. The highest BCUT2D eigenvalue weighted by Gasteiger charge is 2.31. The van der Waals surface area contributed by atoms with E-state index in [1.165, 1.54) is 12.1 Å². The highest BCUT2D eigenvalue weighted by molar-refractivity contribution is 5.93. The van der Waals surface area contributed by atoms with E-state index in [1.54, 1.807) is 37.1 Å². The lowest BCUT2D eigenvalue weighted by Crippen LogP contribution is -2.31. The van der Waals surface area contributed by atoms with Gasteiger partial charge in [0.2, 0.25) is 5.91 Å². The molecule has 0 atom stereocenters. The minimum atomic E-state index is -2.94. The van der Waals surface area contributed by atoms with Crippen molar-refractivity contribution in [3.8, 4) is 17.2 Å². The first-order valence-corrected chi connectivity index (χ1v) is 10.7. The zero-order chi connectivity index (χ0) is 23.4. The molecule has 4 rings (SSSR count). The van der Waals surface area contributed by atoms with E-state index in [0.29, 0.717) is 30.2 Å². The van der Waals surface area contributed by atoms with E-state index in [9.17, 15) is 13.6 Å². The lowest BCUT2D eigenvalue weighted by atomic mass is 10.1. The van der Waals surface area contributed by atoms with E-state index in [0.717, 1.165) is 23.8 Å². The van der Waals surface area contributed by atoms with E-state index < -0.39 is 6.61 Å². The van der Waals surface area contributed by atoms with Crippen LogP contribution in [0.2, 0.25) is 0 Å². The molecule has 1 amide bonds. The Kier molecular flexibility index (Phi) is 6.82. The van der Waals surface area contributed by atoms with Crippen molar-refractivity contribution in [2.75, 3.05) is 13.7 Å². The van der Waals surface area contributed by atoms with Crippen LogP contribution >= 0.6 is 0 Å². The van der Waals surface area contributed by atoms with Crippen molar-refractivity contribution in [2.45, 2.75) is 39.0 Å². The number of rotatable bonds is 10. The minimum Gasteiger partial charge on any atom is -0.493 e.